The molecule has 3 rings (SSSR count). The number of amides is 2. The third-order valence-electron chi connectivity index (χ3n) is 4.26. The molecule has 0 aliphatic carbocycles. The summed E-state index contributed by atoms with van der Waals surface area (Å²) in [5.41, 5.74) is -0.316. The Labute approximate surface area is 151 Å². The molecule has 0 saturated carbocycles. The molecule has 0 aliphatic heterocycles. The zero-order valence-corrected chi connectivity index (χ0v) is 14.4. The van der Waals surface area contributed by atoms with E-state index in [-0.39, 0.29) is 22.2 Å². The monoisotopic (exact) mass is 376 g/mol. The average molecular weight is 376 g/mol. The van der Waals surface area contributed by atoms with E-state index in [9.17, 15) is 22.8 Å². The summed E-state index contributed by atoms with van der Waals surface area (Å²) in [7, 11) is 1.46. The lowest BCUT2D eigenvalue weighted by atomic mass is 10.1. The van der Waals surface area contributed by atoms with Gasteiger partial charge in [0.15, 0.2) is 11.6 Å². The smallest absolute Gasteiger partial charge is 0.319 e. The predicted molar refractivity (Wildman–Crippen MR) is 93.9 cm³/mol. The summed E-state index contributed by atoms with van der Waals surface area (Å²) < 4.78 is 40.3. The summed E-state index contributed by atoms with van der Waals surface area (Å²) in [5.74, 6) is -2.81. The number of hydrogen-bond acceptors (Lipinski definition) is 3. The van der Waals surface area contributed by atoms with Crippen LogP contribution in [0.1, 0.15) is 18.7 Å². The van der Waals surface area contributed by atoms with Gasteiger partial charge in [-0.05, 0) is 25.1 Å². The molecule has 2 N–H and O–H groups in total. The van der Waals surface area contributed by atoms with Crippen molar-refractivity contribution in [3.8, 4) is 0 Å². The van der Waals surface area contributed by atoms with Gasteiger partial charge in [-0.25, -0.2) is 23.1 Å². The predicted octanol–water partition coefficient (Wildman–Crippen LogP) is 3.57. The number of carbonyl (C=O) groups excluding carboxylic acids is 1. The Morgan fingerprint density at radius 1 is 1.15 bits per heavy atom. The second-order valence-corrected chi connectivity index (χ2v) is 5.95. The molecule has 27 heavy (non-hydrogen) atoms. The van der Waals surface area contributed by atoms with Gasteiger partial charge in [-0.3, -0.25) is 4.79 Å². The maximum atomic E-state index is 14.0. The molecule has 9 heteroatoms. The lowest BCUT2D eigenvalue weighted by Crippen LogP contribution is -2.34. The van der Waals surface area contributed by atoms with E-state index in [1.807, 2.05) is 0 Å². The zero-order valence-electron chi connectivity index (χ0n) is 14.4. The molecular weight excluding hydrogens is 361 g/mol. The van der Waals surface area contributed by atoms with Crippen LogP contribution >= 0.6 is 0 Å². The molecule has 0 bridgehead atoms. The first-order chi connectivity index (χ1) is 12.8. The van der Waals surface area contributed by atoms with E-state index >= 15 is 0 Å². The van der Waals surface area contributed by atoms with E-state index in [1.165, 1.54) is 30.1 Å². The third kappa shape index (κ3) is 3.48. The number of benzene rings is 2. The fraction of sp³-hybridized carbons (Fsp3) is 0.167. The zero-order chi connectivity index (χ0) is 19.7. The van der Waals surface area contributed by atoms with Crippen LogP contribution in [0, 0.1) is 17.5 Å². The molecule has 0 fully saturated rings. The number of rotatable bonds is 3. The Morgan fingerprint density at radius 2 is 1.89 bits per heavy atom. The fourth-order valence-corrected chi connectivity index (χ4v) is 2.66. The molecule has 1 unspecified atom stereocenters. The maximum Gasteiger partial charge on any atom is 0.322 e. The highest BCUT2D eigenvalue weighted by atomic mass is 19.2. The number of urea groups is 1. The van der Waals surface area contributed by atoms with E-state index in [0.717, 1.165) is 18.2 Å². The SMILES string of the molecule is CC(c1n[nH]c(=O)c2c(F)cccc12)N(C)C(=O)Nc1ccc(F)c(F)c1. The second-order valence-electron chi connectivity index (χ2n) is 5.95. The standard InChI is InChI=1S/C18H15F3N4O2/c1-9(16-11-4-3-5-13(20)15(11)17(26)24-23-16)25(2)18(27)22-10-6-7-12(19)14(21)8-10/h3-9H,1-2H3,(H,22,27)(H,24,26). The van der Waals surface area contributed by atoms with Crippen LogP contribution in [0.2, 0.25) is 0 Å². The minimum absolute atomic E-state index is 0.0725. The van der Waals surface area contributed by atoms with Crippen LogP contribution in [0.3, 0.4) is 0 Å². The van der Waals surface area contributed by atoms with Crippen LogP contribution in [0.4, 0.5) is 23.7 Å². The van der Waals surface area contributed by atoms with Gasteiger partial charge in [0.1, 0.15) is 5.82 Å². The van der Waals surface area contributed by atoms with Gasteiger partial charge in [-0.15, -0.1) is 0 Å². The van der Waals surface area contributed by atoms with Gasteiger partial charge in [-0.2, -0.15) is 5.10 Å². The number of anilines is 1. The molecule has 6 nitrogen and oxygen atoms in total. The third-order valence-corrected chi connectivity index (χ3v) is 4.26. The van der Waals surface area contributed by atoms with Crippen LogP contribution in [-0.2, 0) is 0 Å². The van der Waals surface area contributed by atoms with Gasteiger partial charge in [0, 0.05) is 24.2 Å². The van der Waals surface area contributed by atoms with Crippen molar-refractivity contribution < 1.29 is 18.0 Å². The molecule has 0 saturated heterocycles. The summed E-state index contributed by atoms with van der Waals surface area (Å²) in [4.78, 5) is 25.5. The number of nitrogens with one attached hydrogen (secondary N) is 2. The molecular formula is C18H15F3N4O2. The molecule has 1 atom stereocenters. The first kappa shape index (κ1) is 18.4. The number of aromatic nitrogens is 2. The number of hydrogen-bond donors (Lipinski definition) is 2. The molecule has 140 valence electrons. The van der Waals surface area contributed by atoms with Gasteiger partial charge in [0.2, 0.25) is 0 Å². The number of H-pyrrole nitrogens is 1. The molecule has 3 aromatic rings. The number of halogens is 3. The van der Waals surface area contributed by atoms with Gasteiger partial charge in [-0.1, -0.05) is 12.1 Å². The normalized spacial score (nSPS) is 12.0. The quantitative estimate of drug-likeness (QED) is 0.734. The Morgan fingerprint density at radius 3 is 2.59 bits per heavy atom. The maximum absolute atomic E-state index is 14.0. The lowest BCUT2D eigenvalue weighted by Gasteiger charge is -2.25. The van der Waals surface area contributed by atoms with E-state index in [1.54, 1.807) is 6.92 Å². The Kier molecular flexibility index (Phi) is 4.85. The summed E-state index contributed by atoms with van der Waals surface area (Å²) in [6, 6.07) is 5.83. The molecule has 1 aromatic heterocycles. The van der Waals surface area contributed by atoms with E-state index in [4.69, 9.17) is 0 Å². The molecule has 1 heterocycles. The van der Waals surface area contributed by atoms with Crippen molar-refractivity contribution >= 4 is 22.5 Å². The Balaban J connectivity index is 1.90. The number of carbonyl (C=O) groups is 1. The van der Waals surface area contributed by atoms with Crippen molar-refractivity contribution in [2.24, 2.45) is 0 Å². The highest BCUT2D eigenvalue weighted by Crippen LogP contribution is 2.25. The topological polar surface area (TPSA) is 78.1 Å². The number of fused-ring (bicyclic) bond motifs is 1. The second kappa shape index (κ2) is 7.10. The summed E-state index contributed by atoms with van der Waals surface area (Å²) in [6.07, 6.45) is 0. The first-order valence-electron chi connectivity index (χ1n) is 7.95. The van der Waals surface area contributed by atoms with Crippen LogP contribution in [-0.4, -0.2) is 28.2 Å². The van der Waals surface area contributed by atoms with E-state index in [2.05, 4.69) is 15.5 Å². The van der Waals surface area contributed by atoms with Crippen molar-refractivity contribution in [3.63, 3.8) is 0 Å². The van der Waals surface area contributed by atoms with Gasteiger partial charge >= 0.3 is 6.03 Å². The van der Waals surface area contributed by atoms with Gasteiger partial charge < -0.3 is 10.2 Å². The van der Waals surface area contributed by atoms with Crippen molar-refractivity contribution in [1.29, 1.82) is 0 Å². The largest absolute Gasteiger partial charge is 0.322 e. The summed E-state index contributed by atoms with van der Waals surface area (Å²) in [6.45, 7) is 1.63. The van der Waals surface area contributed by atoms with E-state index in [0.29, 0.717) is 0 Å². The van der Waals surface area contributed by atoms with Crippen molar-refractivity contribution in [2.75, 3.05) is 12.4 Å². The van der Waals surface area contributed by atoms with Crippen molar-refractivity contribution in [3.05, 3.63) is 69.9 Å². The first-order valence-corrected chi connectivity index (χ1v) is 7.95. The molecule has 0 radical (unpaired) electrons. The van der Waals surface area contributed by atoms with Gasteiger partial charge in [0.05, 0.1) is 17.1 Å². The van der Waals surface area contributed by atoms with E-state index < -0.39 is 35.1 Å². The van der Waals surface area contributed by atoms with Gasteiger partial charge in [0.25, 0.3) is 5.56 Å². The van der Waals surface area contributed by atoms with Crippen LogP contribution in [0.5, 0.6) is 0 Å². The van der Waals surface area contributed by atoms with Crippen molar-refractivity contribution in [1.82, 2.24) is 15.1 Å². The number of nitrogens with zero attached hydrogens (tertiary/aromatic N) is 2. The Bertz CT molecular complexity index is 1080. The van der Waals surface area contributed by atoms with Crippen LogP contribution in [0.15, 0.2) is 41.2 Å². The molecule has 2 amide bonds. The summed E-state index contributed by atoms with van der Waals surface area (Å²) in [5, 5.41) is 8.74. The fourth-order valence-electron chi connectivity index (χ4n) is 2.66. The minimum atomic E-state index is -1.09. The average Bonchev–Trinajstić information content (AvgIpc) is 2.64. The minimum Gasteiger partial charge on any atom is -0.319 e. The van der Waals surface area contributed by atoms with Crippen LogP contribution in [0.25, 0.3) is 10.8 Å². The van der Waals surface area contributed by atoms with Crippen LogP contribution < -0.4 is 10.9 Å². The van der Waals surface area contributed by atoms with Crippen molar-refractivity contribution in [2.45, 2.75) is 13.0 Å². The molecule has 0 aliphatic rings. The molecule has 2 aromatic carbocycles. The number of aromatic amines is 1. The molecule has 0 spiro atoms. The summed E-state index contributed by atoms with van der Waals surface area (Å²) >= 11 is 0. The lowest BCUT2D eigenvalue weighted by molar-refractivity contribution is 0.207. The highest BCUT2D eigenvalue weighted by molar-refractivity contribution is 5.90. The Hall–Kier alpha value is -3.36. The highest BCUT2D eigenvalue weighted by Gasteiger charge is 2.22.